The van der Waals surface area contributed by atoms with Gasteiger partial charge in [-0.3, -0.25) is 9.52 Å². The van der Waals surface area contributed by atoms with Gasteiger partial charge < -0.3 is 5.11 Å². The number of hydrogen-bond acceptors (Lipinski definition) is 9. The molecule has 3 aromatic rings. The average Bonchev–Trinajstić information content (AvgIpc) is 3.27. The van der Waals surface area contributed by atoms with Gasteiger partial charge in [-0.25, -0.2) is 22.3 Å². The Kier molecular flexibility index (Phi) is 6.60. The number of amidine groups is 1. The summed E-state index contributed by atoms with van der Waals surface area (Å²) in [6.45, 7) is 4.39. The van der Waals surface area contributed by atoms with Crippen LogP contribution in [0, 0.1) is 5.92 Å². The third kappa shape index (κ3) is 5.31. The van der Waals surface area contributed by atoms with E-state index in [-0.39, 0.29) is 39.1 Å². The fraction of sp³-hybridized carbons (Fsp3) is 0.318. The number of nitrogens with one attached hydrogen (secondary N) is 1. The molecule has 186 valence electrons. The Morgan fingerprint density at radius 3 is 2.63 bits per heavy atom. The first-order valence-corrected chi connectivity index (χ1v) is 15.4. The topological polar surface area (TPSA) is 143 Å². The van der Waals surface area contributed by atoms with E-state index in [2.05, 4.69) is 19.2 Å². The third-order valence-electron chi connectivity index (χ3n) is 5.18. The van der Waals surface area contributed by atoms with Crippen LogP contribution in [0.1, 0.15) is 25.8 Å². The molecule has 0 aliphatic carbocycles. The summed E-state index contributed by atoms with van der Waals surface area (Å²) in [5.41, 5.74) is -0.0518. The predicted molar refractivity (Wildman–Crippen MR) is 139 cm³/mol. The highest BCUT2D eigenvalue weighted by molar-refractivity contribution is 7.93. The first-order valence-electron chi connectivity index (χ1n) is 10.7. The SMILES string of the molecule is CC(C)CCn1nc(-c2cccs2)c(O)c(C2=Nc3ccc(NS(C)(=O)=O)cc3[S@@](C)(=O)=N2)c1=O. The number of benzene rings is 1. The molecule has 3 heterocycles. The Morgan fingerprint density at radius 1 is 1.26 bits per heavy atom. The van der Waals surface area contributed by atoms with Crippen molar-refractivity contribution >= 4 is 48.3 Å². The number of sulfonamides is 1. The molecular weight excluding hydrogens is 510 g/mol. The molecule has 0 fully saturated rings. The van der Waals surface area contributed by atoms with Gasteiger partial charge in [0, 0.05) is 18.5 Å². The lowest BCUT2D eigenvalue weighted by molar-refractivity contribution is 0.444. The van der Waals surface area contributed by atoms with Crippen LogP contribution >= 0.6 is 11.3 Å². The summed E-state index contributed by atoms with van der Waals surface area (Å²) >= 11 is 1.36. The maximum Gasteiger partial charge on any atom is 0.281 e. The maximum absolute atomic E-state index is 13.5. The molecule has 13 heteroatoms. The lowest BCUT2D eigenvalue weighted by Crippen LogP contribution is -2.30. The highest BCUT2D eigenvalue weighted by Crippen LogP contribution is 2.36. The minimum atomic E-state index is -3.54. The maximum atomic E-state index is 13.5. The van der Waals surface area contributed by atoms with E-state index in [4.69, 9.17) is 0 Å². The number of aliphatic imine (C=N–C) groups is 1. The lowest BCUT2D eigenvalue weighted by Gasteiger charge is -2.18. The molecule has 4 rings (SSSR count). The van der Waals surface area contributed by atoms with Crippen LogP contribution in [0.2, 0.25) is 0 Å². The van der Waals surface area contributed by atoms with E-state index in [1.54, 1.807) is 6.07 Å². The third-order valence-corrected chi connectivity index (χ3v) is 8.33. The minimum Gasteiger partial charge on any atom is -0.505 e. The van der Waals surface area contributed by atoms with Gasteiger partial charge in [-0.15, -0.1) is 11.3 Å². The monoisotopic (exact) mass is 535 g/mol. The van der Waals surface area contributed by atoms with Crippen LogP contribution in [-0.2, 0) is 26.3 Å². The largest absolute Gasteiger partial charge is 0.505 e. The van der Waals surface area contributed by atoms with Crippen molar-refractivity contribution in [3.8, 4) is 16.3 Å². The van der Waals surface area contributed by atoms with Crippen LogP contribution in [0.25, 0.3) is 10.6 Å². The molecule has 0 unspecified atom stereocenters. The van der Waals surface area contributed by atoms with Crippen LogP contribution in [0.3, 0.4) is 0 Å². The van der Waals surface area contributed by atoms with Gasteiger partial charge in [-0.1, -0.05) is 19.9 Å². The highest BCUT2D eigenvalue weighted by atomic mass is 32.2. The van der Waals surface area contributed by atoms with Crippen molar-refractivity contribution in [3.63, 3.8) is 0 Å². The van der Waals surface area contributed by atoms with Gasteiger partial charge in [0.1, 0.15) is 11.3 Å². The number of rotatable bonds is 7. The van der Waals surface area contributed by atoms with Crippen molar-refractivity contribution in [2.45, 2.75) is 31.7 Å². The van der Waals surface area contributed by atoms with Crippen molar-refractivity contribution in [2.75, 3.05) is 17.2 Å². The molecule has 35 heavy (non-hydrogen) atoms. The number of anilines is 1. The molecule has 0 spiro atoms. The molecule has 0 saturated carbocycles. The van der Waals surface area contributed by atoms with Gasteiger partial charge in [0.2, 0.25) is 10.0 Å². The van der Waals surface area contributed by atoms with Crippen LogP contribution in [0.4, 0.5) is 11.4 Å². The first kappa shape index (κ1) is 25.1. The molecule has 0 bridgehead atoms. The van der Waals surface area contributed by atoms with Gasteiger partial charge in [0.15, 0.2) is 11.6 Å². The fourth-order valence-electron chi connectivity index (χ4n) is 3.51. The number of fused-ring (bicyclic) bond motifs is 1. The summed E-state index contributed by atoms with van der Waals surface area (Å²) < 4.78 is 44.6. The molecule has 10 nitrogen and oxygen atoms in total. The number of aromatic nitrogens is 2. The molecule has 0 amide bonds. The lowest BCUT2D eigenvalue weighted by atomic mass is 10.1. The summed E-state index contributed by atoms with van der Waals surface area (Å²) in [6, 6.07) is 7.97. The summed E-state index contributed by atoms with van der Waals surface area (Å²) in [7, 11) is -6.66. The van der Waals surface area contributed by atoms with Crippen LogP contribution in [0.15, 0.2) is 54.8 Å². The van der Waals surface area contributed by atoms with E-state index in [1.807, 2.05) is 25.3 Å². The van der Waals surface area contributed by atoms with Crippen molar-refractivity contribution < 1.29 is 17.7 Å². The zero-order valence-corrected chi connectivity index (χ0v) is 22.0. The summed E-state index contributed by atoms with van der Waals surface area (Å²) in [5, 5.41) is 17.3. The number of hydrogen-bond donors (Lipinski definition) is 2. The Hall–Kier alpha value is -3.03. The molecular formula is C22H25N5O5S3. The summed E-state index contributed by atoms with van der Waals surface area (Å²) in [6.07, 6.45) is 3.08. The van der Waals surface area contributed by atoms with Gasteiger partial charge in [-0.05, 0) is 42.0 Å². The molecule has 1 aliphatic heterocycles. The smallest absolute Gasteiger partial charge is 0.281 e. The van der Waals surface area contributed by atoms with Crippen molar-refractivity contribution in [1.82, 2.24) is 9.78 Å². The Labute approximate surface area is 207 Å². The fourth-order valence-corrected chi connectivity index (χ4v) is 6.19. The molecule has 0 radical (unpaired) electrons. The second-order valence-electron chi connectivity index (χ2n) is 8.65. The molecule has 1 aliphatic rings. The minimum absolute atomic E-state index is 0.158. The molecule has 1 atom stereocenters. The number of aromatic hydroxyl groups is 1. The average molecular weight is 536 g/mol. The van der Waals surface area contributed by atoms with Crippen LogP contribution < -0.4 is 10.3 Å². The predicted octanol–water partition coefficient (Wildman–Crippen LogP) is 3.64. The van der Waals surface area contributed by atoms with E-state index in [0.29, 0.717) is 23.8 Å². The van der Waals surface area contributed by atoms with E-state index in [0.717, 1.165) is 6.26 Å². The normalized spacial score (nSPS) is 17.6. The standard InChI is InChI=1S/C22H25N5O5S3/c1-13(2)9-10-27-22(29)18(20(28)19(24-27)16-6-5-11-33-16)21-23-15-8-7-14(25-35(4,31)32)12-17(15)34(3,30)26-21/h5-8,11-13,25,28H,9-10H2,1-4H3/t34-/m1/s1. The molecule has 0 saturated heterocycles. The Bertz CT molecular complexity index is 1610. The van der Waals surface area contributed by atoms with E-state index < -0.39 is 25.3 Å². The van der Waals surface area contributed by atoms with Crippen LogP contribution in [-0.4, -0.2) is 45.9 Å². The van der Waals surface area contributed by atoms with Gasteiger partial charge in [0.05, 0.1) is 31.4 Å². The van der Waals surface area contributed by atoms with Gasteiger partial charge in [-0.2, -0.15) is 9.46 Å². The number of aryl methyl sites for hydroxylation is 1. The van der Waals surface area contributed by atoms with E-state index >= 15 is 0 Å². The zero-order valence-electron chi connectivity index (χ0n) is 19.5. The molecule has 2 aromatic heterocycles. The van der Waals surface area contributed by atoms with Crippen molar-refractivity contribution in [1.29, 1.82) is 0 Å². The Balaban J connectivity index is 1.92. The zero-order chi connectivity index (χ0) is 25.5. The van der Waals surface area contributed by atoms with Crippen molar-refractivity contribution in [3.05, 3.63) is 51.6 Å². The van der Waals surface area contributed by atoms with E-state index in [9.17, 15) is 22.5 Å². The van der Waals surface area contributed by atoms with Gasteiger partial charge >= 0.3 is 0 Å². The molecule has 1 aromatic carbocycles. The quantitative estimate of drug-likeness (QED) is 0.473. The Morgan fingerprint density at radius 2 is 2.00 bits per heavy atom. The van der Waals surface area contributed by atoms with Gasteiger partial charge in [0.25, 0.3) is 5.56 Å². The molecule has 2 N–H and O–H groups in total. The number of nitrogens with zero attached hydrogens (tertiary/aromatic N) is 4. The first-order chi connectivity index (χ1) is 16.4. The van der Waals surface area contributed by atoms with Crippen LogP contribution in [0.5, 0.6) is 5.75 Å². The second-order valence-corrected chi connectivity index (χ2v) is 13.6. The second kappa shape index (κ2) is 9.21. The number of thiophene rings is 1. The van der Waals surface area contributed by atoms with Crippen molar-refractivity contribution in [2.24, 2.45) is 15.3 Å². The summed E-state index contributed by atoms with van der Waals surface area (Å²) in [4.78, 5) is 18.7. The van der Waals surface area contributed by atoms with E-state index in [1.165, 1.54) is 40.5 Å². The highest BCUT2D eigenvalue weighted by Gasteiger charge is 2.28. The summed E-state index contributed by atoms with van der Waals surface area (Å²) in [5.74, 6) is -0.219.